The minimum absolute atomic E-state index is 0.107. The van der Waals surface area contributed by atoms with Gasteiger partial charge in [-0.3, -0.25) is 9.59 Å². The monoisotopic (exact) mass is 398 g/mol. The van der Waals surface area contributed by atoms with E-state index < -0.39 is 11.7 Å². The number of imidazole rings is 1. The van der Waals surface area contributed by atoms with E-state index in [0.29, 0.717) is 18.7 Å². The zero-order valence-corrected chi connectivity index (χ0v) is 16.5. The molecule has 0 bridgehead atoms. The number of amides is 2. The zero-order chi connectivity index (χ0) is 20.2. The number of halogens is 1. The second kappa shape index (κ2) is 8.76. The van der Waals surface area contributed by atoms with Gasteiger partial charge >= 0.3 is 0 Å². The lowest BCUT2D eigenvalue weighted by atomic mass is 10.1. The van der Waals surface area contributed by atoms with Crippen LogP contribution in [0.15, 0.2) is 24.3 Å². The van der Waals surface area contributed by atoms with Crippen LogP contribution in [0.4, 0.5) is 10.1 Å². The predicted octanol–water partition coefficient (Wildman–Crippen LogP) is 4.06. The summed E-state index contributed by atoms with van der Waals surface area (Å²) >= 11 is 0. The van der Waals surface area contributed by atoms with Gasteiger partial charge in [0.25, 0.3) is 11.8 Å². The van der Waals surface area contributed by atoms with Crippen LogP contribution in [0, 0.1) is 5.82 Å². The number of aromatic nitrogens is 2. The fourth-order valence-electron chi connectivity index (χ4n) is 4.32. The molecule has 2 heterocycles. The Kier molecular flexibility index (Phi) is 5.92. The van der Waals surface area contributed by atoms with E-state index >= 15 is 0 Å². The lowest BCUT2D eigenvalue weighted by Gasteiger charge is -2.18. The fourth-order valence-corrected chi connectivity index (χ4v) is 4.32. The molecule has 29 heavy (non-hydrogen) atoms. The molecule has 0 saturated heterocycles. The van der Waals surface area contributed by atoms with Gasteiger partial charge in [0, 0.05) is 12.6 Å². The van der Waals surface area contributed by atoms with Crippen LogP contribution in [0.25, 0.3) is 0 Å². The summed E-state index contributed by atoms with van der Waals surface area (Å²) in [6.07, 6.45) is 9.26. The first-order valence-electron chi connectivity index (χ1n) is 10.6. The first-order valence-corrected chi connectivity index (χ1v) is 10.6. The summed E-state index contributed by atoms with van der Waals surface area (Å²) in [5.74, 6) is -1.02. The van der Waals surface area contributed by atoms with Crippen molar-refractivity contribution in [2.75, 3.05) is 5.32 Å². The predicted molar refractivity (Wildman–Crippen MR) is 108 cm³/mol. The molecule has 1 aliphatic heterocycles. The molecule has 4 rings (SSSR count). The van der Waals surface area contributed by atoms with E-state index in [1.54, 1.807) is 12.1 Å². The van der Waals surface area contributed by atoms with E-state index in [9.17, 15) is 14.0 Å². The molecule has 6 nitrogen and oxygen atoms in total. The Balaban J connectivity index is 1.57. The van der Waals surface area contributed by atoms with Crippen molar-refractivity contribution in [3.05, 3.63) is 47.3 Å². The number of benzene rings is 1. The number of carbonyl (C=O) groups excluding carboxylic acids is 2. The molecule has 1 aliphatic carbocycles. The number of nitrogens with one attached hydrogen (secondary N) is 2. The topological polar surface area (TPSA) is 76.0 Å². The smallest absolute Gasteiger partial charge is 0.291 e. The summed E-state index contributed by atoms with van der Waals surface area (Å²) in [4.78, 5) is 30.2. The summed E-state index contributed by atoms with van der Waals surface area (Å²) in [7, 11) is 0. The van der Waals surface area contributed by atoms with Gasteiger partial charge in [0.05, 0.1) is 11.4 Å². The molecule has 0 radical (unpaired) electrons. The van der Waals surface area contributed by atoms with Gasteiger partial charge in [-0.05, 0) is 44.2 Å². The lowest BCUT2D eigenvalue weighted by Crippen LogP contribution is -2.35. The van der Waals surface area contributed by atoms with Crippen molar-refractivity contribution in [3.63, 3.8) is 0 Å². The van der Waals surface area contributed by atoms with Crippen molar-refractivity contribution < 1.29 is 14.0 Å². The summed E-state index contributed by atoms with van der Waals surface area (Å²) < 4.78 is 15.7. The third-order valence-corrected chi connectivity index (χ3v) is 5.85. The molecule has 2 aliphatic rings. The standard InChI is InChI=1S/C22H27FN4O2/c23-16-11-5-6-12-17(16)25-22(29)20-26-19(18-13-7-8-14-27(18)20)21(28)24-15-9-3-1-2-4-10-15/h5-6,11-12,15H,1-4,7-10,13-14H2,(H,24,28)(H,25,29). The molecule has 0 spiro atoms. The molecule has 154 valence electrons. The third-order valence-electron chi connectivity index (χ3n) is 5.85. The summed E-state index contributed by atoms with van der Waals surface area (Å²) in [5, 5.41) is 5.72. The van der Waals surface area contributed by atoms with Crippen molar-refractivity contribution in [2.45, 2.75) is 70.4 Å². The molecule has 1 aromatic heterocycles. The minimum atomic E-state index is -0.502. The number of hydrogen-bond acceptors (Lipinski definition) is 3. The molecule has 2 aromatic rings. The van der Waals surface area contributed by atoms with Crippen LogP contribution in [0.2, 0.25) is 0 Å². The van der Waals surface area contributed by atoms with Gasteiger partial charge in [0.15, 0.2) is 5.82 Å². The highest BCUT2D eigenvalue weighted by atomic mass is 19.1. The Morgan fingerprint density at radius 3 is 2.52 bits per heavy atom. The average molecular weight is 398 g/mol. The van der Waals surface area contributed by atoms with Crippen molar-refractivity contribution in [1.82, 2.24) is 14.9 Å². The molecule has 0 atom stereocenters. The van der Waals surface area contributed by atoms with Gasteiger partial charge in [0.1, 0.15) is 11.5 Å². The van der Waals surface area contributed by atoms with Crippen LogP contribution in [0.5, 0.6) is 0 Å². The van der Waals surface area contributed by atoms with Crippen molar-refractivity contribution in [1.29, 1.82) is 0 Å². The molecule has 2 N–H and O–H groups in total. The van der Waals surface area contributed by atoms with Crippen LogP contribution < -0.4 is 10.6 Å². The first-order chi connectivity index (χ1) is 14.1. The van der Waals surface area contributed by atoms with Crippen LogP contribution in [-0.4, -0.2) is 27.4 Å². The summed E-state index contributed by atoms with van der Waals surface area (Å²) in [5.41, 5.74) is 1.25. The maximum atomic E-state index is 13.9. The minimum Gasteiger partial charge on any atom is -0.348 e. The van der Waals surface area contributed by atoms with Crippen LogP contribution in [-0.2, 0) is 13.0 Å². The molecule has 1 saturated carbocycles. The number of rotatable bonds is 4. The highest BCUT2D eigenvalue weighted by Crippen LogP contribution is 2.24. The molecule has 0 unspecified atom stereocenters. The second-order valence-electron chi connectivity index (χ2n) is 7.94. The summed E-state index contributed by atoms with van der Waals surface area (Å²) in [6.45, 7) is 0.638. The van der Waals surface area contributed by atoms with Gasteiger partial charge in [-0.25, -0.2) is 9.37 Å². The van der Waals surface area contributed by atoms with Gasteiger partial charge in [-0.15, -0.1) is 0 Å². The number of anilines is 1. The maximum Gasteiger partial charge on any atom is 0.291 e. The molecular formula is C22H27FN4O2. The van der Waals surface area contributed by atoms with E-state index in [0.717, 1.165) is 44.2 Å². The number of hydrogen-bond donors (Lipinski definition) is 2. The first kappa shape index (κ1) is 19.6. The quantitative estimate of drug-likeness (QED) is 0.763. The van der Waals surface area contributed by atoms with Gasteiger partial charge in [-0.2, -0.15) is 0 Å². The van der Waals surface area contributed by atoms with Crippen molar-refractivity contribution in [2.24, 2.45) is 0 Å². The Hall–Kier alpha value is -2.70. The number of para-hydroxylation sites is 1. The van der Waals surface area contributed by atoms with E-state index in [1.165, 1.54) is 25.0 Å². The largest absolute Gasteiger partial charge is 0.348 e. The van der Waals surface area contributed by atoms with Crippen molar-refractivity contribution >= 4 is 17.5 Å². The lowest BCUT2D eigenvalue weighted by molar-refractivity contribution is 0.0927. The Morgan fingerprint density at radius 2 is 1.76 bits per heavy atom. The molecular weight excluding hydrogens is 371 g/mol. The maximum absolute atomic E-state index is 13.9. The fraction of sp³-hybridized carbons (Fsp3) is 0.500. The summed E-state index contributed by atoms with van der Waals surface area (Å²) in [6, 6.07) is 6.19. The Morgan fingerprint density at radius 1 is 1.00 bits per heavy atom. The van der Waals surface area contributed by atoms with E-state index in [1.807, 2.05) is 4.57 Å². The molecule has 2 amide bonds. The van der Waals surface area contributed by atoms with Crippen LogP contribution in [0.1, 0.15) is 78.2 Å². The van der Waals surface area contributed by atoms with Crippen LogP contribution in [0.3, 0.4) is 0 Å². The molecule has 1 fully saturated rings. The zero-order valence-electron chi connectivity index (χ0n) is 16.5. The molecule has 7 heteroatoms. The molecule has 1 aromatic carbocycles. The Bertz CT molecular complexity index is 900. The average Bonchev–Trinajstić information content (AvgIpc) is 2.93. The van der Waals surface area contributed by atoms with Crippen LogP contribution >= 0.6 is 0 Å². The van der Waals surface area contributed by atoms with Gasteiger partial charge in [-0.1, -0.05) is 37.8 Å². The van der Waals surface area contributed by atoms with Gasteiger partial charge < -0.3 is 15.2 Å². The second-order valence-corrected chi connectivity index (χ2v) is 7.94. The normalized spacial score (nSPS) is 17.3. The van der Waals surface area contributed by atoms with E-state index in [2.05, 4.69) is 15.6 Å². The highest BCUT2D eigenvalue weighted by molar-refractivity contribution is 6.03. The number of fused-ring (bicyclic) bond motifs is 1. The SMILES string of the molecule is O=C(NC1CCCCCC1)c1nc(C(=O)Nc2ccccc2F)n2c1CCCC2. The van der Waals surface area contributed by atoms with E-state index in [-0.39, 0.29) is 23.5 Å². The number of nitrogens with zero attached hydrogens (tertiary/aromatic N) is 2. The Labute approximate surface area is 169 Å². The number of carbonyl (C=O) groups is 2. The van der Waals surface area contributed by atoms with Crippen molar-refractivity contribution in [3.8, 4) is 0 Å². The third kappa shape index (κ3) is 4.33. The van der Waals surface area contributed by atoms with E-state index in [4.69, 9.17) is 0 Å². The van der Waals surface area contributed by atoms with Gasteiger partial charge in [0.2, 0.25) is 0 Å². The highest BCUT2D eigenvalue weighted by Gasteiger charge is 2.29.